The highest BCUT2D eigenvalue weighted by atomic mass is 79.9. The van der Waals surface area contributed by atoms with Crippen LogP contribution in [0.3, 0.4) is 0 Å². The molecule has 0 bridgehead atoms. The van der Waals surface area contributed by atoms with Crippen LogP contribution in [0, 0.1) is 0 Å². The minimum Gasteiger partial charge on any atom is -0.404 e. The van der Waals surface area contributed by atoms with Gasteiger partial charge in [0.1, 0.15) is 11.0 Å². The topological polar surface area (TPSA) is 39.1 Å². The molecule has 4 nitrogen and oxygen atoms in total. The first kappa shape index (κ1) is 16.0. The summed E-state index contributed by atoms with van der Waals surface area (Å²) in [6.07, 6.45) is -3.29. The lowest BCUT2D eigenvalue weighted by Crippen LogP contribution is -2.18. The van der Waals surface area contributed by atoms with Crippen molar-refractivity contribution in [1.29, 1.82) is 0 Å². The molecule has 0 radical (unpaired) electrons. The van der Waals surface area contributed by atoms with Crippen LogP contribution in [0.4, 0.5) is 18.9 Å². The molecular weight excluding hydrogens is 375 g/mol. The largest absolute Gasteiger partial charge is 0.573 e. The molecule has 0 aliphatic heterocycles. The number of nitrogens with zero attached hydrogens (tertiary/aromatic N) is 2. The molecule has 0 amide bonds. The number of hydrogen-bond donors (Lipinski definition) is 1. The van der Waals surface area contributed by atoms with Crippen molar-refractivity contribution in [2.24, 2.45) is 7.05 Å². The molecule has 0 saturated carbocycles. The summed E-state index contributed by atoms with van der Waals surface area (Å²) in [6.45, 7) is 0.207. The van der Waals surface area contributed by atoms with Gasteiger partial charge in [0.15, 0.2) is 5.75 Å². The van der Waals surface area contributed by atoms with Gasteiger partial charge in [-0.05, 0) is 18.2 Å². The van der Waals surface area contributed by atoms with Gasteiger partial charge in [-0.1, -0.05) is 27.5 Å². The number of imidazole rings is 1. The predicted molar refractivity (Wildman–Crippen MR) is 76.4 cm³/mol. The Kier molecular flexibility index (Phi) is 4.67. The van der Waals surface area contributed by atoms with Crippen molar-refractivity contribution >= 4 is 33.2 Å². The highest BCUT2D eigenvalue weighted by Gasteiger charge is 2.32. The molecule has 2 rings (SSSR count). The Labute approximate surface area is 132 Å². The van der Waals surface area contributed by atoms with Crippen LogP contribution in [0.25, 0.3) is 0 Å². The molecule has 114 valence electrons. The van der Waals surface area contributed by atoms with Crippen molar-refractivity contribution in [1.82, 2.24) is 9.55 Å². The van der Waals surface area contributed by atoms with Gasteiger partial charge < -0.3 is 14.6 Å². The number of nitrogens with one attached hydrogen (secondary N) is 1. The summed E-state index contributed by atoms with van der Waals surface area (Å²) in [7, 11) is 1.71. The van der Waals surface area contributed by atoms with Crippen LogP contribution < -0.4 is 10.1 Å². The van der Waals surface area contributed by atoms with E-state index in [1.807, 2.05) is 0 Å². The molecule has 0 fully saturated rings. The van der Waals surface area contributed by atoms with E-state index in [0.717, 1.165) is 0 Å². The SMILES string of the molecule is Cn1c(Cl)cnc1CNc1ccc(Br)cc1OC(F)(F)F. The highest BCUT2D eigenvalue weighted by Crippen LogP contribution is 2.33. The second-order valence-corrected chi connectivity index (χ2v) is 5.40. The van der Waals surface area contributed by atoms with Gasteiger partial charge in [-0.3, -0.25) is 0 Å². The average Bonchev–Trinajstić information content (AvgIpc) is 2.67. The lowest BCUT2D eigenvalue weighted by molar-refractivity contribution is -0.274. The monoisotopic (exact) mass is 383 g/mol. The quantitative estimate of drug-likeness (QED) is 0.852. The Morgan fingerprint density at radius 1 is 1.43 bits per heavy atom. The van der Waals surface area contributed by atoms with Gasteiger partial charge in [-0.2, -0.15) is 0 Å². The maximum absolute atomic E-state index is 12.4. The van der Waals surface area contributed by atoms with E-state index in [4.69, 9.17) is 11.6 Å². The summed E-state index contributed by atoms with van der Waals surface area (Å²) >= 11 is 8.95. The number of rotatable bonds is 4. The molecule has 0 spiro atoms. The Morgan fingerprint density at radius 2 is 2.14 bits per heavy atom. The minimum atomic E-state index is -4.76. The van der Waals surface area contributed by atoms with Gasteiger partial charge in [0.25, 0.3) is 0 Å². The van der Waals surface area contributed by atoms with Crippen molar-refractivity contribution in [2.75, 3.05) is 5.32 Å². The molecule has 0 atom stereocenters. The lowest BCUT2D eigenvalue weighted by Gasteiger charge is -2.15. The number of ether oxygens (including phenoxy) is 1. The van der Waals surface area contributed by atoms with Crippen LogP contribution in [0.15, 0.2) is 28.9 Å². The lowest BCUT2D eigenvalue weighted by atomic mass is 10.3. The van der Waals surface area contributed by atoms with E-state index in [-0.39, 0.29) is 18.0 Å². The van der Waals surface area contributed by atoms with E-state index in [2.05, 4.69) is 31.0 Å². The third-order valence-corrected chi connectivity index (χ3v) is 3.48. The van der Waals surface area contributed by atoms with Crippen LogP contribution in [-0.2, 0) is 13.6 Å². The number of benzene rings is 1. The fourth-order valence-electron chi connectivity index (χ4n) is 1.61. The zero-order chi connectivity index (χ0) is 15.6. The van der Waals surface area contributed by atoms with E-state index in [9.17, 15) is 13.2 Å². The number of hydrogen-bond acceptors (Lipinski definition) is 3. The van der Waals surface area contributed by atoms with Crippen molar-refractivity contribution in [3.05, 3.63) is 39.8 Å². The molecule has 0 aliphatic carbocycles. The number of anilines is 1. The van der Waals surface area contributed by atoms with E-state index in [0.29, 0.717) is 15.5 Å². The van der Waals surface area contributed by atoms with E-state index < -0.39 is 6.36 Å². The number of alkyl halides is 3. The highest BCUT2D eigenvalue weighted by molar-refractivity contribution is 9.10. The third kappa shape index (κ3) is 4.28. The van der Waals surface area contributed by atoms with Crippen LogP contribution in [-0.4, -0.2) is 15.9 Å². The molecule has 2 aromatic rings. The minimum absolute atomic E-state index is 0.203. The zero-order valence-corrected chi connectivity index (χ0v) is 13.1. The normalized spacial score (nSPS) is 11.5. The van der Waals surface area contributed by atoms with Gasteiger partial charge in [0, 0.05) is 11.5 Å². The molecule has 21 heavy (non-hydrogen) atoms. The summed E-state index contributed by atoms with van der Waals surface area (Å²) in [5.74, 6) is 0.262. The van der Waals surface area contributed by atoms with Crippen LogP contribution in [0.1, 0.15) is 5.82 Å². The maximum Gasteiger partial charge on any atom is 0.573 e. The molecule has 1 aromatic heterocycles. The van der Waals surface area contributed by atoms with Gasteiger partial charge in [0.2, 0.25) is 0 Å². The smallest absolute Gasteiger partial charge is 0.404 e. The van der Waals surface area contributed by atoms with E-state index in [1.165, 1.54) is 18.3 Å². The summed E-state index contributed by atoms with van der Waals surface area (Å²) in [6, 6.07) is 4.33. The second kappa shape index (κ2) is 6.15. The molecule has 0 saturated heterocycles. The Bertz CT molecular complexity index is 645. The van der Waals surface area contributed by atoms with Crippen LogP contribution in [0.5, 0.6) is 5.75 Å². The number of halogens is 5. The van der Waals surface area contributed by atoms with Crippen LogP contribution in [0.2, 0.25) is 5.15 Å². The Balaban J connectivity index is 2.17. The van der Waals surface area contributed by atoms with Crippen LogP contribution >= 0.6 is 27.5 Å². The summed E-state index contributed by atoms with van der Waals surface area (Å²) in [5.41, 5.74) is 0.203. The van der Waals surface area contributed by atoms with Gasteiger partial charge in [-0.25, -0.2) is 4.98 Å². The fraction of sp³-hybridized carbons (Fsp3) is 0.250. The van der Waals surface area contributed by atoms with E-state index >= 15 is 0 Å². The molecule has 1 heterocycles. The molecule has 1 N–H and O–H groups in total. The summed E-state index contributed by atoms with van der Waals surface area (Å²) in [4.78, 5) is 4.05. The zero-order valence-electron chi connectivity index (χ0n) is 10.7. The first-order valence-electron chi connectivity index (χ1n) is 5.71. The molecular formula is C12H10BrClF3N3O. The number of aromatic nitrogens is 2. The second-order valence-electron chi connectivity index (χ2n) is 4.10. The first-order chi connectivity index (χ1) is 9.76. The van der Waals surface area contributed by atoms with Gasteiger partial charge >= 0.3 is 6.36 Å². The molecule has 9 heteroatoms. The first-order valence-corrected chi connectivity index (χ1v) is 6.88. The molecule has 0 unspecified atom stereocenters. The summed E-state index contributed by atoms with van der Waals surface area (Å²) in [5, 5.41) is 3.28. The Hall–Kier alpha value is -1.41. The standard InChI is InChI=1S/C12H10BrClF3N3O/c1-20-10(14)5-19-11(20)6-18-8-3-2-7(13)4-9(8)21-12(15,16)17/h2-5,18H,6H2,1H3. The Morgan fingerprint density at radius 3 is 2.71 bits per heavy atom. The molecule has 0 aliphatic rings. The van der Waals surface area contributed by atoms with Crippen molar-refractivity contribution in [2.45, 2.75) is 12.9 Å². The average molecular weight is 385 g/mol. The maximum atomic E-state index is 12.4. The predicted octanol–water partition coefficient (Wildman–Crippen LogP) is 4.35. The van der Waals surface area contributed by atoms with E-state index in [1.54, 1.807) is 17.7 Å². The van der Waals surface area contributed by atoms with Gasteiger partial charge in [0.05, 0.1) is 18.4 Å². The fourth-order valence-corrected chi connectivity index (χ4v) is 2.10. The summed E-state index contributed by atoms with van der Waals surface area (Å²) < 4.78 is 43.2. The van der Waals surface area contributed by atoms with Crippen molar-refractivity contribution in [3.8, 4) is 5.75 Å². The third-order valence-electron chi connectivity index (χ3n) is 2.63. The van der Waals surface area contributed by atoms with Crippen molar-refractivity contribution in [3.63, 3.8) is 0 Å². The van der Waals surface area contributed by atoms with Gasteiger partial charge in [-0.15, -0.1) is 13.2 Å². The van der Waals surface area contributed by atoms with Crippen molar-refractivity contribution < 1.29 is 17.9 Å². The molecule has 1 aromatic carbocycles.